The number of aryl methyl sites for hydroxylation is 2. The van der Waals surface area contributed by atoms with Crippen LogP contribution in [0, 0.1) is 5.92 Å². The van der Waals surface area contributed by atoms with Crippen LogP contribution in [-0.4, -0.2) is 48.6 Å². The number of likely N-dealkylation sites (tertiary alicyclic amines) is 1. The van der Waals surface area contributed by atoms with Gasteiger partial charge in [-0.3, -0.25) is 9.13 Å². The highest BCUT2D eigenvalue weighted by molar-refractivity contribution is 7.89. The van der Waals surface area contributed by atoms with Crippen LogP contribution < -0.4 is 10.4 Å². The van der Waals surface area contributed by atoms with Crippen LogP contribution >= 0.6 is 0 Å². The third kappa shape index (κ3) is 2.71. The molecule has 0 amide bonds. The summed E-state index contributed by atoms with van der Waals surface area (Å²) >= 11 is 0. The second-order valence-electron chi connectivity index (χ2n) is 6.48. The largest absolute Gasteiger partial charge is 0.328 e. The van der Waals surface area contributed by atoms with Crippen LogP contribution in [0.3, 0.4) is 0 Å². The summed E-state index contributed by atoms with van der Waals surface area (Å²) in [5, 5.41) is 0. The lowest BCUT2D eigenvalue weighted by atomic mass is 10.1. The summed E-state index contributed by atoms with van der Waals surface area (Å²) in [4.78, 5) is 14.3. The first-order valence-corrected chi connectivity index (χ1v) is 9.05. The first-order chi connectivity index (χ1) is 10.7. The van der Waals surface area contributed by atoms with Crippen molar-refractivity contribution >= 4 is 21.1 Å². The Kier molecular flexibility index (Phi) is 3.86. The summed E-state index contributed by atoms with van der Waals surface area (Å²) in [6.45, 7) is 3.62. The van der Waals surface area contributed by atoms with Gasteiger partial charge in [0.15, 0.2) is 0 Å². The Bertz CT molecular complexity index is 913. The molecule has 1 aromatic carbocycles. The molecule has 126 valence electrons. The van der Waals surface area contributed by atoms with Gasteiger partial charge in [-0.05, 0) is 31.2 Å². The Balaban J connectivity index is 1.99. The van der Waals surface area contributed by atoms with Gasteiger partial charge in [0.1, 0.15) is 0 Å². The van der Waals surface area contributed by atoms with Gasteiger partial charge in [-0.1, -0.05) is 6.92 Å². The fourth-order valence-electron chi connectivity index (χ4n) is 3.28. The molecule has 0 unspecified atom stereocenters. The molecule has 8 heteroatoms. The number of fused-ring (bicyclic) bond motifs is 1. The predicted octanol–water partition coefficient (Wildman–Crippen LogP) is 0.105. The molecule has 1 aliphatic heterocycles. The molecule has 7 nitrogen and oxygen atoms in total. The van der Waals surface area contributed by atoms with Gasteiger partial charge >= 0.3 is 5.69 Å². The molecule has 0 bridgehead atoms. The Morgan fingerprint density at radius 3 is 2.35 bits per heavy atom. The average molecular weight is 338 g/mol. The number of sulfonamides is 1. The number of hydrogen-bond acceptors (Lipinski definition) is 4. The fraction of sp³-hybridized carbons (Fsp3) is 0.533. The summed E-state index contributed by atoms with van der Waals surface area (Å²) < 4.78 is 31.1. The lowest BCUT2D eigenvalue weighted by Crippen LogP contribution is -2.39. The van der Waals surface area contributed by atoms with Gasteiger partial charge in [-0.2, -0.15) is 0 Å². The summed E-state index contributed by atoms with van der Waals surface area (Å²) in [5.74, 6) is 0.264. The molecular weight excluding hydrogens is 316 g/mol. The Morgan fingerprint density at radius 1 is 1.09 bits per heavy atom. The number of nitrogens with one attached hydrogen (secondary N) is 1. The highest BCUT2D eigenvalue weighted by Crippen LogP contribution is 2.21. The topological polar surface area (TPSA) is 76.3 Å². The lowest BCUT2D eigenvalue weighted by molar-refractivity contribution is 0.400. The van der Waals surface area contributed by atoms with Gasteiger partial charge in [-0.15, -0.1) is 0 Å². The molecule has 2 atom stereocenters. The maximum absolute atomic E-state index is 12.7. The maximum atomic E-state index is 12.7. The van der Waals surface area contributed by atoms with E-state index in [0.717, 1.165) is 6.54 Å². The minimum atomic E-state index is -3.61. The molecule has 1 saturated heterocycles. The summed E-state index contributed by atoms with van der Waals surface area (Å²) in [6.07, 6.45) is 0. The summed E-state index contributed by atoms with van der Waals surface area (Å²) in [7, 11) is 1.68. The van der Waals surface area contributed by atoms with E-state index in [2.05, 4.69) is 9.62 Å². The Hall–Kier alpha value is -1.64. The van der Waals surface area contributed by atoms with Crippen molar-refractivity contribution in [1.82, 2.24) is 18.8 Å². The highest BCUT2D eigenvalue weighted by atomic mass is 32.2. The van der Waals surface area contributed by atoms with Gasteiger partial charge in [0.25, 0.3) is 0 Å². The number of imidazole rings is 1. The fourth-order valence-corrected chi connectivity index (χ4v) is 4.64. The van der Waals surface area contributed by atoms with Crippen LogP contribution in [0.25, 0.3) is 11.0 Å². The summed E-state index contributed by atoms with van der Waals surface area (Å²) in [5.41, 5.74) is 1.15. The molecule has 1 fully saturated rings. The van der Waals surface area contributed by atoms with Crippen LogP contribution in [-0.2, 0) is 24.1 Å². The van der Waals surface area contributed by atoms with Crippen LogP contribution in [0.1, 0.15) is 6.92 Å². The predicted molar refractivity (Wildman–Crippen MR) is 88.9 cm³/mol. The third-order valence-electron chi connectivity index (χ3n) is 4.66. The number of nitrogens with zero attached hydrogens (tertiary/aromatic N) is 3. The molecule has 2 heterocycles. The average Bonchev–Trinajstić information content (AvgIpc) is 2.91. The molecule has 1 aliphatic rings. The van der Waals surface area contributed by atoms with Crippen molar-refractivity contribution < 1.29 is 8.42 Å². The van der Waals surface area contributed by atoms with E-state index in [1.165, 1.54) is 9.13 Å². The Labute approximate surface area is 135 Å². The molecular formula is C15H22N4O3S. The second-order valence-corrected chi connectivity index (χ2v) is 8.19. The van der Waals surface area contributed by atoms with E-state index < -0.39 is 10.0 Å². The number of hydrogen-bond donors (Lipinski definition) is 1. The number of benzene rings is 1. The zero-order valence-corrected chi connectivity index (χ0v) is 14.6. The van der Waals surface area contributed by atoms with Gasteiger partial charge in [0.2, 0.25) is 10.0 Å². The van der Waals surface area contributed by atoms with E-state index in [1.807, 2.05) is 14.0 Å². The van der Waals surface area contributed by atoms with Crippen molar-refractivity contribution in [2.75, 3.05) is 20.1 Å². The molecule has 0 aliphatic carbocycles. The van der Waals surface area contributed by atoms with E-state index in [9.17, 15) is 13.2 Å². The van der Waals surface area contributed by atoms with E-state index in [0.29, 0.717) is 17.6 Å². The molecule has 2 aromatic rings. The van der Waals surface area contributed by atoms with E-state index >= 15 is 0 Å². The smallest absolute Gasteiger partial charge is 0.304 e. The monoisotopic (exact) mass is 338 g/mol. The Morgan fingerprint density at radius 2 is 1.74 bits per heavy atom. The first-order valence-electron chi connectivity index (χ1n) is 7.57. The van der Waals surface area contributed by atoms with Crippen molar-refractivity contribution in [1.29, 1.82) is 0 Å². The molecule has 1 N–H and O–H groups in total. The van der Waals surface area contributed by atoms with Crippen molar-refractivity contribution in [2.45, 2.75) is 17.9 Å². The van der Waals surface area contributed by atoms with Crippen molar-refractivity contribution in [2.24, 2.45) is 20.0 Å². The van der Waals surface area contributed by atoms with Gasteiger partial charge in [0, 0.05) is 33.2 Å². The quantitative estimate of drug-likeness (QED) is 0.862. The molecule has 0 radical (unpaired) electrons. The minimum Gasteiger partial charge on any atom is -0.304 e. The van der Waals surface area contributed by atoms with E-state index in [4.69, 9.17) is 0 Å². The van der Waals surface area contributed by atoms with Gasteiger partial charge in [-0.25, -0.2) is 17.9 Å². The zero-order chi connectivity index (χ0) is 16.9. The summed E-state index contributed by atoms with van der Waals surface area (Å²) in [6, 6.07) is 4.69. The van der Waals surface area contributed by atoms with Crippen molar-refractivity contribution in [3.05, 3.63) is 28.7 Å². The molecule has 0 saturated carbocycles. The van der Waals surface area contributed by atoms with E-state index in [-0.39, 0.29) is 22.5 Å². The van der Waals surface area contributed by atoms with Crippen LogP contribution in [0.4, 0.5) is 0 Å². The standard InChI is InChI=1S/C15H22N4O3S/c1-10-8-17(2)9-12(10)16-23(21,22)11-5-6-13-14(7-11)19(4)15(20)18(13)3/h5-7,10,12,16H,8-9H2,1-4H3/t10-,12+/m1/s1. The van der Waals surface area contributed by atoms with Gasteiger partial charge < -0.3 is 4.90 Å². The molecule has 3 rings (SSSR count). The highest BCUT2D eigenvalue weighted by Gasteiger charge is 2.31. The molecule has 0 spiro atoms. The SMILES string of the molecule is C[C@@H]1CN(C)C[C@@H]1NS(=O)(=O)c1ccc2c(c1)n(C)c(=O)n2C. The second kappa shape index (κ2) is 5.47. The van der Waals surface area contributed by atoms with Crippen LogP contribution in [0.2, 0.25) is 0 Å². The number of aromatic nitrogens is 2. The zero-order valence-electron chi connectivity index (χ0n) is 13.8. The van der Waals surface area contributed by atoms with Gasteiger partial charge in [0.05, 0.1) is 15.9 Å². The van der Waals surface area contributed by atoms with Crippen LogP contribution in [0.15, 0.2) is 27.9 Å². The number of likely N-dealkylation sites (N-methyl/N-ethyl adjacent to an activating group) is 1. The maximum Gasteiger partial charge on any atom is 0.328 e. The molecule has 23 heavy (non-hydrogen) atoms. The minimum absolute atomic E-state index is 0.0970. The molecule has 1 aromatic heterocycles. The van der Waals surface area contributed by atoms with Crippen LogP contribution in [0.5, 0.6) is 0 Å². The third-order valence-corrected chi connectivity index (χ3v) is 6.14. The van der Waals surface area contributed by atoms with Crippen molar-refractivity contribution in [3.8, 4) is 0 Å². The van der Waals surface area contributed by atoms with Crippen molar-refractivity contribution in [3.63, 3.8) is 0 Å². The number of rotatable bonds is 3. The first kappa shape index (κ1) is 16.2. The lowest BCUT2D eigenvalue weighted by Gasteiger charge is -2.16. The normalized spacial score (nSPS) is 23.0. The van der Waals surface area contributed by atoms with E-state index in [1.54, 1.807) is 32.3 Å².